The SMILES string of the molecule is Cc1ccc(C)c2c(OCCN)nsc12.Cl. The second-order valence-corrected chi connectivity index (χ2v) is 4.30. The molecule has 1 aromatic carbocycles. The Kier molecular flexibility index (Phi) is 4.53. The molecule has 2 aromatic rings. The lowest BCUT2D eigenvalue weighted by Crippen LogP contribution is -2.10. The third-order valence-electron chi connectivity index (χ3n) is 2.35. The number of halogens is 1. The highest BCUT2D eigenvalue weighted by Crippen LogP contribution is 2.33. The molecular formula is C11H15ClN2OS. The summed E-state index contributed by atoms with van der Waals surface area (Å²) in [6, 6.07) is 4.21. The third kappa shape index (κ3) is 2.29. The Hall–Kier alpha value is -0.840. The molecule has 0 spiro atoms. The molecule has 0 bridgehead atoms. The van der Waals surface area contributed by atoms with Crippen LogP contribution < -0.4 is 10.5 Å². The van der Waals surface area contributed by atoms with Crippen LogP contribution in [-0.2, 0) is 0 Å². The average Bonchev–Trinajstić information content (AvgIpc) is 2.65. The van der Waals surface area contributed by atoms with E-state index in [9.17, 15) is 0 Å². The fraction of sp³-hybridized carbons (Fsp3) is 0.364. The van der Waals surface area contributed by atoms with Gasteiger partial charge in [-0.05, 0) is 36.5 Å². The van der Waals surface area contributed by atoms with Crippen LogP contribution in [0.25, 0.3) is 10.1 Å². The van der Waals surface area contributed by atoms with Crippen molar-refractivity contribution in [3.05, 3.63) is 23.3 Å². The lowest BCUT2D eigenvalue weighted by molar-refractivity contribution is 0.322. The third-order valence-corrected chi connectivity index (χ3v) is 3.32. The first kappa shape index (κ1) is 13.2. The lowest BCUT2D eigenvalue weighted by atomic mass is 10.1. The predicted octanol–water partition coefficient (Wildman–Crippen LogP) is 2.67. The minimum Gasteiger partial charge on any atom is -0.475 e. The van der Waals surface area contributed by atoms with Crippen LogP contribution in [0.1, 0.15) is 11.1 Å². The molecule has 0 amide bonds. The number of ether oxygens (including phenoxy) is 1. The summed E-state index contributed by atoms with van der Waals surface area (Å²) in [7, 11) is 0. The van der Waals surface area contributed by atoms with Gasteiger partial charge in [-0.15, -0.1) is 12.4 Å². The molecule has 2 rings (SSSR count). The molecule has 0 fully saturated rings. The number of nitrogens with zero attached hydrogens (tertiary/aromatic N) is 1. The molecule has 0 saturated heterocycles. The van der Waals surface area contributed by atoms with Crippen molar-refractivity contribution in [1.82, 2.24) is 4.37 Å². The van der Waals surface area contributed by atoms with Gasteiger partial charge in [0.15, 0.2) is 0 Å². The van der Waals surface area contributed by atoms with Gasteiger partial charge < -0.3 is 10.5 Å². The van der Waals surface area contributed by atoms with E-state index in [1.165, 1.54) is 27.4 Å². The summed E-state index contributed by atoms with van der Waals surface area (Å²) < 4.78 is 11.0. The van der Waals surface area contributed by atoms with Crippen molar-refractivity contribution >= 4 is 34.0 Å². The van der Waals surface area contributed by atoms with Crippen molar-refractivity contribution in [1.29, 1.82) is 0 Å². The normalized spacial score (nSPS) is 10.2. The van der Waals surface area contributed by atoms with Gasteiger partial charge in [0.1, 0.15) is 6.61 Å². The van der Waals surface area contributed by atoms with E-state index in [1.807, 2.05) is 0 Å². The zero-order chi connectivity index (χ0) is 10.8. The van der Waals surface area contributed by atoms with E-state index in [4.69, 9.17) is 10.5 Å². The molecule has 1 aromatic heterocycles. The van der Waals surface area contributed by atoms with Crippen LogP contribution in [0, 0.1) is 13.8 Å². The molecule has 0 aliphatic heterocycles. The molecule has 3 nitrogen and oxygen atoms in total. The van der Waals surface area contributed by atoms with E-state index < -0.39 is 0 Å². The van der Waals surface area contributed by atoms with E-state index in [0.717, 1.165) is 11.3 Å². The van der Waals surface area contributed by atoms with Crippen LogP contribution in [0.4, 0.5) is 0 Å². The van der Waals surface area contributed by atoms with Gasteiger partial charge in [0, 0.05) is 6.54 Å². The van der Waals surface area contributed by atoms with Gasteiger partial charge in [-0.3, -0.25) is 0 Å². The minimum atomic E-state index is 0. The summed E-state index contributed by atoms with van der Waals surface area (Å²) in [5.74, 6) is 0.724. The van der Waals surface area contributed by atoms with Gasteiger partial charge >= 0.3 is 0 Å². The second-order valence-electron chi connectivity index (χ2n) is 3.53. The first-order valence-corrected chi connectivity index (χ1v) is 5.70. The molecule has 0 atom stereocenters. The maximum atomic E-state index is 5.52. The Morgan fingerprint density at radius 1 is 1.31 bits per heavy atom. The summed E-state index contributed by atoms with van der Waals surface area (Å²) in [6.45, 7) is 5.20. The monoisotopic (exact) mass is 258 g/mol. The topological polar surface area (TPSA) is 48.1 Å². The number of rotatable bonds is 3. The van der Waals surface area contributed by atoms with E-state index in [2.05, 4.69) is 30.4 Å². The van der Waals surface area contributed by atoms with Gasteiger partial charge in [0.25, 0.3) is 0 Å². The number of aryl methyl sites for hydroxylation is 2. The zero-order valence-electron chi connectivity index (χ0n) is 9.32. The quantitative estimate of drug-likeness (QED) is 0.921. The van der Waals surface area contributed by atoms with Crippen LogP contribution >= 0.6 is 23.9 Å². The lowest BCUT2D eigenvalue weighted by Gasteiger charge is -2.03. The summed E-state index contributed by atoms with van der Waals surface area (Å²) >= 11 is 1.49. The molecule has 0 aliphatic carbocycles. The smallest absolute Gasteiger partial charge is 0.233 e. The summed E-state index contributed by atoms with van der Waals surface area (Å²) in [5.41, 5.74) is 7.86. The fourth-order valence-electron chi connectivity index (χ4n) is 1.56. The Morgan fingerprint density at radius 2 is 2.00 bits per heavy atom. The Bertz CT molecular complexity index is 484. The van der Waals surface area contributed by atoms with Gasteiger partial charge in [-0.25, -0.2) is 0 Å². The molecule has 0 aliphatic rings. The second kappa shape index (κ2) is 5.48. The number of hydrogen-bond donors (Lipinski definition) is 1. The molecule has 0 radical (unpaired) electrons. The van der Waals surface area contributed by atoms with Crippen LogP contribution in [0.15, 0.2) is 12.1 Å². The number of hydrogen-bond acceptors (Lipinski definition) is 4. The van der Waals surface area contributed by atoms with Crippen molar-refractivity contribution in [3.8, 4) is 5.88 Å². The number of aromatic nitrogens is 1. The molecular weight excluding hydrogens is 244 g/mol. The van der Waals surface area contributed by atoms with Crippen molar-refractivity contribution in [2.75, 3.05) is 13.2 Å². The fourth-order valence-corrected chi connectivity index (χ4v) is 2.43. The summed E-state index contributed by atoms with van der Waals surface area (Å²) in [4.78, 5) is 0. The van der Waals surface area contributed by atoms with E-state index >= 15 is 0 Å². The number of fused-ring (bicyclic) bond motifs is 1. The van der Waals surface area contributed by atoms with Gasteiger partial charge in [0.05, 0.1) is 10.1 Å². The highest BCUT2D eigenvalue weighted by Gasteiger charge is 2.11. The van der Waals surface area contributed by atoms with E-state index in [-0.39, 0.29) is 12.4 Å². The average molecular weight is 259 g/mol. The predicted molar refractivity (Wildman–Crippen MR) is 70.9 cm³/mol. The molecule has 2 N–H and O–H groups in total. The van der Waals surface area contributed by atoms with Gasteiger partial charge in [-0.2, -0.15) is 4.37 Å². The van der Waals surface area contributed by atoms with Crippen LogP contribution in [-0.4, -0.2) is 17.5 Å². The van der Waals surface area contributed by atoms with Crippen molar-refractivity contribution in [2.45, 2.75) is 13.8 Å². The van der Waals surface area contributed by atoms with Crippen LogP contribution in [0.5, 0.6) is 5.88 Å². The molecule has 5 heteroatoms. The standard InChI is InChI=1S/C11H14N2OS.ClH/c1-7-3-4-8(2)10-9(7)11(13-15-10)14-6-5-12;/h3-4H,5-6,12H2,1-2H3;1H. The summed E-state index contributed by atoms with van der Waals surface area (Å²) in [5, 5.41) is 1.13. The minimum absolute atomic E-state index is 0. The number of benzene rings is 1. The molecule has 88 valence electrons. The van der Waals surface area contributed by atoms with Gasteiger partial charge in [-0.1, -0.05) is 12.1 Å². The van der Waals surface area contributed by atoms with Crippen LogP contribution in [0.2, 0.25) is 0 Å². The van der Waals surface area contributed by atoms with Gasteiger partial charge in [0.2, 0.25) is 5.88 Å². The first-order chi connectivity index (χ1) is 7.24. The Labute approximate surface area is 105 Å². The maximum Gasteiger partial charge on any atom is 0.233 e. The number of nitrogens with two attached hydrogens (primary N) is 1. The molecule has 16 heavy (non-hydrogen) atoms. The Balaban J connectivity index is 0.00000128. The van der Waals surface area contributed by atoms with E-state index in [0.29, 0.717) is 13.2 Å². The highest BCUT2D eigenvalue weighted by molar-refractivity contribution is 7.13. The van der Waals surface area contributed by atoms with Crippen molar-refractivity contribution in [3.63, 3.8) is 0 Å². The highest BCUT2D eigenvalue weighted by atomic mass is 35.5. The van der Waals surface area contributed by atoms with E-state index in [1.54, 1.807) is 0 Å². The summed E-state index contributed by atoms with van der Waals surface area (Å²) in [6.07, 6.45) is 0. The molecule has 0 unspecified atom stereocenters. The maximum absolute atomic E-state index is 5.52. The van der Waals surface area contributed by atoms with Crippen molar-refractivity contribution < 1.29 is 4.74 Å². The largest absolute Gasteiger partial charge is 0.475 e. The van der Waals surface area contributed by atoms with Crippen molar-refractivity contribution in [2.24, 2.45) is 5.73 Å². The zero-order valence-corrected chi connectivity index (χ0v) is 11.0. The molecule has 1 heterocycles. The molecule has 0 saturated carbocycles. The Morgan fingerprint density at radius 3 is 2.69 bits per heavy atom. The van der Waals surface area contributed by atoms with Crippen LogP contribution in [0.3, 0.4) is 0 Å². The first-order valence-electron chi connectivity index (χ1n) is 4.92.